The van der Waals surface area contributed by atoms with E-state index < -0.39 is 0 Å². The summed E-state index contributed by atoms with van der Waals surface area (Å²) in [4.78, 5) is 18.2. The summed E-state index contributed by atoms with van der Waals surface area (Å²) in [5, 5.41) is 2.68. The molecule has 0 saturated heterocycles. The number of para-hydroxylation sites is 1. The van der Waals surface area contributed by atoms with Crippen LogP contribution in [0.3, 0.4) is 0 Å². The van der Waals surface area contributed by atoms with Crippen LogP contribution in [0.1, 0.15) is 0 Å². The maximum Gasteiger partial charge on any atom is 0.305 e. The number of nitrogens with one attached hydrogen (secondary N) is 1. The summed E-state index contributed by atoms with van der Waals surface area (Å²) < 4.78 is 1.14. The van der Waals surface area contributed by atoms with Crippen LogP contribution >= 0.6 is 22.7 Å². The Morgan fingerprint density at radius 1 is 1.27 bits per heavy atom. The van der Waals surface area contributed by atoms with Gasteiger partial charge in [-0.25, -0.2) is 4.98 Å². The molecule has 0 unspecified atom stereocenters. The zero-order valence-corrected chi connectivity index (χ0v) is 9.19. The van der Waals surface area contributed by atoms with Crippen molar-refractivity contribution < 1.29 is 0 Å². The molecule has 0 radical (unpaired) electrons. The Balaban J connectivity index is 2.24. The van der Waals surface area contributed by atoms with E-state index in [2.05, 4.69) is 9.97 Å². The normalized spacial score (nSPS) is 10.9. The third-order valence-corrected chi connectivity index (χ3v) is 3.78. The average Bonchev–Trinajstić information content (AvgIpc) is 2.82. The SMILES string of the molecule is O=c1[nH]c(-c2nc3ccccc3s2)cs1. The summed E-state index contributed by atoms with van der Waals surface area (Å²) >= 11 is 2.75. The number of fused-ring (bicyclic) bond motifs is 1. The summed E-state index contributed by atoms with van der Waals surface area (Å²) in [6.45, 7) is 0. The van der Waals surface area contributed by atoms with Crippen LogP contribution in [-0.4, -0.2) is 9.97 Å². The Morgan fingerprint density at radius 3 is 2.87 bits per heavy atom. The van der Waals surface area contributed by atoms with Crippen molar-refractivity contribution in [1.82, 2.24) is 9.97 Å². The van der Waals surface area contributed by atoms with Crippen LogP contribution in [0.25, 0.3) is 20.9 Å². The van der Waals surface area contributed by atoms with E-state index in [1.54, 1.807) is 16.7 Å². The first kappa shape index (κ1) is 8.82. The first-order valence-electron chi connectivity index (χ1n) is 4.37. The molecule has 3 aromatic rings. The minimum absolute atomic E-state index is 0.0377. The van der Waals surface area contributed by atoms with Gasteiger partial charge in [0, 0.05) is 5.38 Å². The van der Waals surface area contributed by atoms with Crippen molar-refractivity contribution in [3.63, 3.8) is 0 Å². The highest BCUT2D eigenvalue weighted by Gasteiger charge is 2.06. The van der Waals surface area contributed by atoms with Crippen LogP contribution in [0.15, 0.2) is 34.4 Å². The van der Waals surface area contributed by atoms with Gasteiger partial charge >= 0.3 is 4.87 Å². The lowest BCUT2D eigenvalue weighted by Gasteiger charge is -1.84. The number of aromatic amines is 1. The number of hydrogen-bond acceptors (Lipinski definition) is 4. The molecule has 2 heterocycles. The first-order chi connectivity index (χ1) is 7.33. The number of rotatable bonds is 1. The van der Waals surface area contributed by atoms with Gasteiger partial charge in [-0.05, 0) is 12.1 Å². The van der Waals surface area contributed by atoms with Gasteiger partial charge in [-0.1, -0.05) is 23.5 Å². The Bertz CT molecular complexity index is 632. The standard InChI is InChI=1S/C10H6N2OS2/c13-10-12-7(5-14-10)9-11-6-3-1-2-4-8(6)15-9/h1-5H,(H,12,13). The van der Waals surface area contributed by atoms with Crippen molar-refractivity contribution in [2.45, 2.75) is 0 Å². The Morgan fingerprint density at radius 2 is 2.13 bits per heavy atom. The minimum Gasteiger partial charge on any atom is -0.310 e. The first-order valence-corrected chi connectivity index (χ1v) is 6.06. The van der Waals surface area contributed by atoms with Crippen LogP contribution in [0, 0.1) is 0 Å². The molecular weight excluding hydrogens is 228 g/mol. The number of nitrogens with zero attached hydrogens (tertiary/aromatic N) is 1. The highest BCUT2D eigenvalue weighted by atomic mass is 32.1. The van der Waals surface area contributed by atoms with E-state index in [4.69, 9.17) is 0 Å². The molecule has 0 saturated carbocycles. The monoisotopic (exact) mass is 234 g/mol. The second-order valence-corrected chi connectivity index (χ2v) is 4.92. The van der Waals surface area contributed by atoms with E-state index in [0.717, 1.165) is 32.3 Å². The molecule has 15 heavy (non-hydrogen) atoms. The van der Waals surface area contributed by atoms with Crippen LogP contribution in [0.4, 0.5) is 0 Å². The van der Waals surface area contributed by atoms with Crippen molar-refractivity contribution >= 4 is 32.9 Å². The maximum atomic E-state index is 11.0. The molecule has 3 rings (SSSR count). The predicted octanol–water partition coefficient (Wildman–Crippen LogP) is 2.71. The minimum atomic E-state index is -0.0377. The zero-order valence-electron chi connectivity index (χ0n) is 7.56. The number of H-pyrrole nitrogens is 1. The van der Waals surface area contributed by atoms with Crippen LogP contribution in [0.5, 0.6) is 0 Å². The third kappa shape index (κ3) is 1.49. The topological polar surface area (TPSA) is 45.8 Å². The second kappa shape index (κ2) is 3.29. The van der Waals surface area contributed by atoms with Gasteiger partial charge < -0.3 is 4.98 Å². The van der Waals surface area contributed by atoms with Crippen LogP contribution < -0.4 is 4.87 Å². The summed E-state index contributed by atoms with van der Waals surface area (Å²) in [6.07, 6.45) is 0. The fraction of sp³-hybridized carbons (Fsp3) is 0. The molecule has 0 atom stereocenters. The zero-order chi connectivity index (χ0) is 10.3. The van der Waals surface area contributed by atoms with Crippen LogP contribution in [-0.2, 0) is 0 Å². The molecule has 0 fully saturated rings. The smallest absolute Gasteiger partial charge is 0.305 e. The lowest BCUT2D eigenvalue weighted by Crippen LogP contribution is -1.91. The predicted molar refractivity (Wildman–Crippen MR) is 63.6 cm³/mol. The van der Waals surface area contributed by atoms with Gasteiger partial charge in [-0.15, -0.1) is 11.3 Å². The van der Waals surface area contributed by atoms with Crippen LogP contribution in [0.2, 0.25) is 0 Å². The molecule has 5 heteroatoms. The van der Waals surface area contributed by atoms with E-state index in [9.17, 15) is 4.79 Å². The van der Waals surface area contributed by atoms with Crippen molar-refractivity contribution in [2.24, 2.45) is 0 Å². The molecule has 3 nitrogen and oxygen atoms in total. The summed E-state index contributed by atoms with van der Waals surface area (Å²) in [5.74, 6) is 0. The summed E-state index contributed by atoms with van der Waals surface area (Å²) in [5.41, 5.74) is 1.79. The van der Waals surface area contributed by atoms with Crippen molar-refractivity contribution in [3.8, 4) is 10.7 Å². The molecule has 0 aliphatic carbocycles. The third-order valence-electron chi connectivity index (χ3n) is 2.04. The lowest BCUT2D eigenvalue weighted by atomic mass is 10.3. The lowest BCUT2D eigenvalue weighted by molar-refractivity contribution is 1.32. The van der Waals surface area contributed by atoms with Gasteiger partial charge in [0.15, 0.2) is 0 Å². The summed E-state index contributed by atoms with van der Waals surface area (Å²) in [6, 6.07) is 7.95. The molecule has 0 spiro atoms. The van der Waals surface area contributed by atoms with E-state index in [0.29, 0.717) is 0 Å². The van der Waals surface area contributed by atoms with Gasteiger partial charge in [0.25, 0.3) is 0 Å². The molecule has 0 amide bonds. The van der Waals surface area contributed by atoms with E-state index in [1.807, 2.05) is 24.3 Å². The second-order valence-electron chi connectivity index (χ2n) is 3.05. The number of benzene rings is 1. The molecule has 74 valence electrons. The van der Waals surface area contributed by atoms with E-state index in [-0.39, 0.29) is 4.87 Å². The summed E-state index contributed by atoms with van der Waals surface area (Å²) in [7, 11) is 0. The molecule has 1 aromatic carbocycles. The van der Waals surface area contributed by atoms with E-state index in [1.165, 1.54) is 0 Å². The maximum absolute atomic E-state index is 11.0. The number of hydrogen-bond donors (Lipinski definition) is 1. The fourth-order valence-electron chi connectivity index (χ4n) is 1.37. The fourth-order valence-corrected chi connectivity index (χ4v) is 2.95. The average molecular weight is 234 g/mol. The highest BCUT2D eigenvalue weighted by Crippen LogP contribution is 2.28. The largest absolute Gasteiger partial charge is 0.310 e. The number of aromatic nitrogens is 2. The quantitative estimate of drug-likeness (QED) is 0.703. The molecule has 2 aromatic heterocycles. The Hall–Kier alpha value is -1.46. The van der Waals surface area contributed by atoms with Gasteiger partial charge in [0.1, 0.15) is 5.01 Å². The van der Waals surface area contributed by atoms with Crippen molar-refractivity contribution in [2.75, 3.05) is 0 Å². The molecule has 0 bridgehead atoms. The molecule has 0 aliphatic heterocycles. The van der Waals surface area contributed by atoms with Gasteiger partial charge in [-0.3, -0.25) is 4.79 Å². The van der Waals surface area contributed by atoms with Gasteiger partial charge in [0.2, 0.25) is 0 Å². The molecule has 1 N–H and O–H groups in total. The Kier molecular flexibility index (Phi) is 1.93. The van der Waals surface area contributed by atoms with Crippen molar-refractivity contribution in [1.29, 1.82) is 0 Å². The Labute approximate surface area is 93.1 Å². The molecule has 0 aliphatic rings. The van der Waals surface area contributed by atoms with Crippen molar-refractivity contribution in [3.05, 3.63) is 39.3 Å². The number of thiazole rings is 2. The van der Waals surface area contributed by atoms with Gasteiger partial charge in [-0.2, -0.15) is 0 Å². The highest BCUT2D eigenvalue weighted by molar-refractivity contribution is 7.21. The molecular formula is C10H6N2OS2. The van der Waals surface area contributed by atoms with E-state index >= 15 is 0 Å². The van der Waals surface area contributed by atoms with Gasteiger partial charge in [0.05, 0.1) is 15.9 Å².